The number of nitrogens with two attached hydrogens (primary N) is 1. The van der Waals surface area contributed by atoms with Crippen LogP contribution in [0.2, 0.25) is 0 Å². The zero-order chi connectivity index (χ0) is 15.1. The van der Waals surface area contributed by atoms with Crippen LogP contribution in [0.25, 0.3) is 10.7 Å². The molecule has 0 fully saturated rings. The van der Waals surface area contributed by atoms with Gasteiger partial charge in [0.05, 0.1) is 4.88 Å². The molecule has 0 aliphatic heterocycles. The van der Waals surface area contributed by atoms with Gasteiger partial charge in [0.1, 0.15) is 0 Å². The second kappa shape index (κ2) is 4.94. The third-order valence-corrected chi connectivity index (χ3v) is 4.62. The SMILES string of the molecule is CCc1ccsc1-c1nnc(S(N)(=O)=O)n1C(C)(C)C. The van der Waals surface area contributed by atoms with E-state index < -0.39 is 15.6 Å². The van der Waals surface area contributed by atoms with E-state index in [1.54, 1.807) is 4.57 Å². The molecule has 2 aromatic heterocycles. The normalized spacial score (nSPS) is 12.8. The lowest BCUT2D eigenvalue weighted by Gasteiger charge is -2.24. The third kappa shape index (κ3) is 2.63. The van der Waals surface area contributed by atoms with Gasteiger partial charge in [-0.1, -0.05) is 6.92 Å². The smallest absolute Gasteiger partial charge is 0.273 e. The molecular weight excluding hydrogens is 296 g/mol. The van der Waals surface area contributed by atoms with E-state index in [9.17, 15) is 8.42 Å². The van der Waals surface area contributed by atoms with Crippen molar-refractivity contribution in [2.24, 2.45) is 5.14 Å². The summed E-state index contributed by atoms with van der Waals surface area (Å²) in [4.78, 5) is 0.935. The van der Waals surface area contributed by atoms with Crippen LogP contribution in [-0.4, -0.2) is 23.2 Å². The topological polar surface area (TPSA) is 90.9 Å². The molecule has 0 aliphatic rings. The van der Waals surface area contributed by atoms with Crippen molar-refractivity contribution in [3.8, 4) is 10.7 Å². The first kappa shape index (κ1) is 15.1. The van der Waals surface area contributed by atoms with Crippen molar-refractivity contribution in [1.29, 1.82) is 0 Å². The molecule has 20 heavy (non-hydrogen) atoms. The first-order valence-corrected chi connectivity index (χ1v) is 8.64. The van der Waals surface area contributed by atoms with E-state index in [2.05, 4.69) is 10.2 Å². The van der Waals surface area contributed by atoms with E-state index >= 15 is 0 Å². The third-order valence-electron chi connectivity index (χ3n) is 2.89. The van der Waals surface area contributed by atoms with E-state index in [0.29, 0.717) is 5.82 Å². The van der Waals surface area contributed by atoms with Gasteiger partial charge in [-0.3, -0.25) is 4.57 Å². The first-order chi connectivity index (χ1) is 9.16. The molecule has 0 spiro atoms. The Balaban J connectivity index is 2.77. The van der Waals surface area contributed by atoms with Crippen LogP contribution in [0.4, 0.5) is 0 Å². The zero-order valence-corrected chi connectivity index (χ0v) is 13.5. The number of rotatable bonds is 3. The summed E-state index contributed by atoms with van der Waals surface area (Å²) in [6, 6.07) is 2.01. The van der Waals surface area contributed by atoms with Crippen molar-refractivity contribution in [2.45, 2.75) is 44.8 Å². The quantitative estimate of drug-likeness (QED) is 0.937. The van der Waals surface area contributed by atoms with Crippen LogP contribution in [-0.2, 0) is 22.0 Å². The lowest BCUT2D eigenvalue weighted by Crippen LogP contribution is -2.29. The van der Waals surface area contributed by atoms with Crippen LogP contribution in [0.3, 0.4) is 0 Å². The Kier molecular flexibility index (Phi) is 3.74. The minimum Gasteiger partial charge on any atom is -0.291 e. The Hall–Kier alpha value is -1.25. The van der Waals surface area contributed by atoms with Gasteiger partial charge >= 0.3 is 0 Å². The average Bonchev–Trinajstić information content (AvgIpc) is 2.92. The molecule has 0 saturated heterocycles. The number of aryl methyl sites for hydroxylation is 1. The highest BCUT2D eigenvalue weighted by molar-refractivity contribution is 7.89. The second-order valence-electron chi connectivity index (χ2n) is 5.49. The largest absolute Gasteiger partial charge is 0.291 e. The number of hydrogen-bond donors (Lipinski definition) is 1. The summed E-state index contributed by atoms with van der Waals surface area (Å²) in [5.74, 6) is 0.549. The lowest BCUT2D eigenvalue weighted by atomic mass is 10.1. The summed E-state index contributed by atoms with van der Waals surface area (Å²) in [6.07, 6.45) is 0.848. The van der Waals surface area contributed by atoms with Crippen LogP contribution in [0.15, 0.2) is 16.6 Å². The van der Waals surface area contributed by atoms with Crippen LogP contribution in [0.1, 0.15) is 33.3 Å². The van der Waals surface area contributed by atoms with Gasteiger partial charge in [-0.25, -0.2) is 13.6 Å². The van der Waals surface area contributed by atoms with Crippen LogP contribution < -0.4 is 5.14 Å². The average molecular weight is 314 g/mol. The van der Waals surface area contributed by atoms with Gasteiger partial charge in [-0.2, -0.15) is 0 Å². The van der Waals surface area contributed by atoms with Gasteiger partial charge in [0.25, 0.3) is 15.2 Å². The molecule has 0 aromatic carbocycles. The zero-order valence-electron chi connectivity index (χ0n) is 11.9. The Morgan fingerprint density at radius 3 is 2.50 bits per heavy atom. The van der Waals surface area contributed by atoms with Gasteiger partial charge in [0.2, 0.25) is 0 Å². The van der Waals surface area contributed by atoms with E-state index in [1.165, 1.54) is 11.3 Å². The van der Waals surface area contributed by atoms with Crippen LogP contribution >= 0.6 is 11.3 Å². The molecule has 0 amide bonds. The Morgan fingerprint density at radius 2 is 2.00 bits per heavy atom. The summed E-state index contributed by atoms with van der Waals surface area (Å²) >= 11 is 1.52. The first-order valence-electron chi connectivity index (χ1n) is 6.21. The predicted octanol–water partition coefficient (Wildman–Crippen LogP) is 1.97. The standard InChI is InChI=1S/C12H18N4O2S2/c1-5-8-6-7-19-9(8)10-14-15-11(20(13,17)18)16(10)12(2,3)4/h6-7H,5H2,1-4H3,(H2,13,17,18). The fourth-order valence-electron chi connectivity index (χ4n) is 2.02. The fourth-order valence-corrected chi connectivity index (χ4v) is 3.76. The number of thiophene rings is 1. The molecule has 2 rings (SSSR count). The van der Waals surface area contributed by atoms with Gasteiger partial charge in [-0.05, 0) is 44.2 Å². The molecular formula is C12H18N4O2S2. The highest BCUT2D eigenvalue weighted by atomic mass is 32.2. The van der Waals surface area contributed by atoms with Gasteiger partial charge < -0.3 is 0 Å². The van der Waals surface area contributed by atoms with E-state index in [4.69, 9.17) is 5.14 Å². The molecule has 0 radical (unpaired) electrons. The molecule has 8 heteroatoms. The maximum Gasteiger partial charge on any atom is 0.273 e. The number of primary sulfonamides is 1. The molecule has 0 saturated carbocycles. The summed E-state index contributed by atoms with van der Waals surface area (Å²) in [5, 5.41) is 14.9. The molecule has 0 aliphatic carbocycles. The monoisotopic (exact) mass is 314 g/mol. The van der Waals surface area contributed by atoms with Crippen molar-refractivity contribution < 1.29 is 8.42 Å². The highest BCUT2D eigenvalue weighted by Crippen LogP contribution is 2.33. The molecule has 0 atom stereocenters. The van der Waals surface area contributed by atoms with E-state index in [1.807, 2.05) is 39.1 Å². The van der Waals surface area contributed by atoms with E-state index in [0.717, 1.165) is 16.9 Å². The van der Waals surface area contributed by atoms with Crippen LogP contribution in [0, 0.1) is 0 Å². The fraction of sp³-hybridized carbons (Fsp3) is 0.500. The van der Waals surface area contributed by atoms with Crippen molar-refractivity contribution in [2.75, 3.05) is 0 Å². The Labute approximate surface area is 122 Å². The second-order valence-corrected chi connectivity index (χ2v) is 7.86. The van der Waals surface area contributed by atoms with Gasteiger partial charge in [0, 0.05) is 5.54 Å². The Bertz CT molecular complexity index is 723. The van der Waals surface area contributed by atoms with Crippen molar-refractivity contribution in [3.63, 3.8) is 0 Å². The Morgan fingerprint density at radius 1 is 1.35 bits per heavy atom. The number of aromatic nitrogens is 3. The maximum absolute atomic E-state index is 11.7. The van der Waals surface area contributed by atoms with E-state index in [-0.39, 0.29) is 5.16 Å². The van der Waals surface area contributed by atoms with Gasteiger partial charge in [-0.15, -0.1) is 21.5 Å². The van der Waals surface area contributed by atoms with Crippen LogP contribution in [0.5, 0.6) is 0 Å². The maximum atomic E-state index is 11.7. The predicted molar refractivity (Wildman–Crippen MR) is 79.1 cm³/mol. The van der Waals surface area contributed by atoms with Gasteiger partial charge in [0.15, 0.2) is 5.82 Å². The summed E-state index contributed by atoms with van der Waals surface area (Å²) in [5.41, 5.74) is 0.629. The minimum atomic E-state index is -3.91. The molecule has 0 unspecified atom stereocenters. The van der Waals surface area contributed by atoms with Crippen molar-refractivity contribution >= 4 is 21.4 Å². The summed E-state index contributed by atoms with van der Waals surface area (Å²) in [7, 11) is -3.91. The molecule has 2 heterocycles. The molecule has 2 N–H and O–H groups in total. The number of hydrogen-bond acceptors (Lipinski definition) is 5. The summed E-state index contributed by atoms with van der Waals surface area (Å²) in [6.45, 7) is 7.74. The molecule has 6 nitrogen and oxygen atoms in total. The number of sulfonamides is 1. The van der Waals surface area contributed by atoms with Crippen molar-refractivity contribution in [1.82, 2.24) is 14.8 Å². The minimum absolute atomic E-state index is 0.199. The lowest BCUT2D eigenvalue weighted by molar-refractivity contribution is 0.366. The molecule has 110 valence electrons. The summed E-state index contributed by atoms with van der Waals surface area (Å²) < 4.78 is 25.0. The highest BCUT2D eigenvalue weighted by Gasteiger charge is 2.30. The van der Waals surface area contributed by atoms with Crippen molar-refractivity contribution in [3.05, 3.63) is 17.0 Å². The molecule has 2 aromatic rings. The number of nitrogens with zero attached hydrogens (tertiary/aromatic N) is 3. The molecule has 0 bridgehead atoms.